The molecule has 0 bridgehead atoms. The first-order valence-corrected chi connectivity index (χ1v) is 7.68. The summed E-state index contributed by atoms with van der Waals surface area (Å²) in [5, 5.41) is 0. The van der Waals surface area contributed by atoms with Crippen molar-refractivity contribution in [3.8, 4) is 0 Å². The molecule has 0 saturated heterocycles. The Balaban J connectivity index is -0.000000968. The van der Waals surface area contributed by atoms with Crippen molar-refractivity contribution in [3.63, 3.8) is 0 Å². The third-order valence-electron chi connectivity index (χ3n) is 4.98. The summed E-state index contributed by atoms with van der Waals surface area (Å²) in [6, 6.07) is 8.95. The van der Waals surface area contributed by atoms with E-state index in [9.17, 15) is 0 Å². The zero-order valence-corrected chi connectivity index (χ0v) is 20.4. The Hall–Kier alpha value is 0.483. The molecule has 1 unspecified atom stereocenters. The summed E-state index contributed by atoms with van der Waals surface area (Å²) >= 11 is 0. The van der Waals surface area contributed by atoms with E-state index in [1.165, 1.54) is 16.7 Å². The summed E-state index contributed by atoms with van der Waals surface area (Å²) < 4.78 is 0. The molecule has 0 nitrogen and oxygen atoms in total. The first kappa shape index (κ1) is 30.2. The second-order valence-corrected chi connectivity index (χ2v) is 6.96. The SMILES string of the molecule is CC(C)C1=CC(C(C)(C)C2C=CC=C2)c2ccccc21.[Cl-].[Cl-].[Cl-].[Cl-].[Zr+4]. The third kappa shape index (κ3) is 5.73. The molecule has 0 aliphatic heterocycles. The van der Waals surface area contributed by atoms with Gasteiger partial charge in [-0.1, -0.05) is 82.3 Å². The van der Waals surface area contributed by atoms with Crippen LogP contribution in [0.5, 0.6) is 0 Å². The van der Waals surface area contributed by atoms with Gasteiger partial charge in [0, 0.05) is 11.8 Å². The Morgan fingerprint density at radius 1 is 0.880 bits per heavy atom. The van der Waals surface area contributed by atoms with Gasteiger partial charge in [-0.2, -0.15) is 0 Å². The van der Waals surface area contributed by atoms with Crippen molar-refractivity contribution in [2.75, 3.05) is 0 Å². The molecule has 0 N–H and O–H groups in total. The van der Waals surface area contributed by atoms with Gasteiger partial charge in [0.15, 0.2) is 0 Å². The molecule has 0 radical (unpaired) electrons. The van der Waals surface area contributed by atoms with Crippen LogP contribution in [-0.2, 0) is 26.2 Å². The van der Waals surface area contributed by atoms with Crippen molar-refractivity contribution in [2.24, 2.45) is 17.3 Å². The number of hydrogen-bond acceptors (Lipinski definition) is 0. The molecule has 3 rings (SSSR count). The maximum atomic E-state index is 2.52. The van der Waals surface area contributed by atoms with Crippen molar-refractivity contribution in [1.82, 2.24) is 0 Å². The summed E-state index contributed by atoms with van der Waals surface area (Å²) in [6.07, 6.45) is 11.6. The predicted octanol–water partition coefficient (Wildman–Crippen LogP) is -6.39. The van der Waals surface area contributed by atoms with Crippen molar-refractivity contribution in [2.45, 2.75) is 33.6 Å². The summed E-state index contributed by atoms with van der Waals surface area (Å²) in [6.45, 7) is 9.40. The number of benzene rings is 1. The molecule has 1 aromatic rings. The molecule has 1 aromatic carbocycles. The van der Waals surface area contributed by atoms with E-state index < -0.39 is 0 Å². The second kappa shape index (κ2) is 12.0. The normalized spacial score (nSPS) is 17.3. The Labute approximate surface area is 196 Å². The van der Waals surface area contributed by atoms with Gasteiger partial charge in [-0.3, -0.25) is 0 Å². The third-order valence-corrected chi connectivity index (χ3v) is 4.98. The Kier molecular flexibility index (Phi) is 14.6. The van der Waals surface area contributed by atoms with Gasteiger partial charge in [0.05, 0.1) is 0 Å². The van der Waals surface area contributed by atoms with E-state index >= 15 is 0 Å². The number of rotatable bonds is 3. The first-order chi connectivity index (χ1) is 9.51. The molecule has 0 fully saturated rings. The van der Waals surface area contributed by atoms with Gasteiger partial charge in [0.1, 0.15) is 0 Å². The molecular weight excluding hydrogens is 473 g/mol. The topological polar surface area (TPSA) is 0 Å². The fraction of sp³-hybridized carbons (Fsp3) is 0.400. The fourth-order valence-electron chi connectivity index (χ4n) is 3.64. The van der Waals surface area contributed by atoms with E-state index in [2.05, 4.69) is 82.3 Å². The van der Waals surface area contributed by atoms with Crippen molar-refractivity contribution >= 4 is 5.57 Å². The zero-order chi connectivity index (χ0) is 14.3. The van der Waals surface area contributed by atoms with Crippen molar-refractivity contribution < 1.29 is 75.8 Å². The molecule has 25 heavy (non-hydrogen) atoms. The number of fused-ring (bicyclic) bond motifs is 1. The van der Waals surface area contributed by atoms with Crippen LogP contribution in [0.25, 0.3) is 5.57 Å². The summed E-state index contributed by atoms with van der Waals surface area (Å²) in [7, 11) is 0. The standard InChI is InChI=1S/C20H24.4ClH.Zr/c1-14(2)18-13-19(17-12-8-7-11-16(17)18)20(3,4)15-9-5-6-10-15;;;;;/h5-15,19H,1-4H3;4*1H;/q;;;;;+4/p-4. The summed E-state index contributed by atoms with van der Waals surface area (Å²) in [5.74, 6) is 1.63. The number of halogens is 4. The van der Waals surface area contributed by atoms with Crippen LogP contribution in [0, 0.1) is 17.3 Å². The molecule has 5 heteroatoms. The molecule has 0 heterocycles. The molecule has 1 atom stereocenters. The van der Waals surface area contributed by atoms with Crippen LogP contribution < -0.4 is 49.6 Å². The van der Waals surface area contributed by atoms with Gasteiger partial charge < -0.3 is 49.6 Å². The monoisotopic (exact) mass is 494 g/mol. The number of allylic oxidation sites excluding steroid dienone is 6. The van der Waals surface area contributed by atoms with E-state index in [4.69, 9.17) is 0 Å². The van der Waals surface area contributed by atoms with Gasteiger partial charge >= 0.3 is 26.2 Å². The van der Waals surface area contributed by atoms with E-state index in [-0.39, 0.29) is 81.2 Å². The van der Waals surface area contributed by atoms with Crippen LogP contribution in [0.4, 0.5) is 0 Å². The average Bonchev–Trinajstić information content (AvgIpc) is 3.07. The molecule has 0 amide bonds. The Morgan fingerprint density at radius 3 is 1.92 bits per heavy atom. The van der Waals surface area contributed by atoms with Gasteiger partial charge in [-0.05, 0) is 28.0 Å². The van der Waals surface area contributed by atoms with Gasteiger partial charge in [-0.25, -0.2) is 0 Å². The van der Waals surface area contributed by atoms with Crippen LogP contribution in [0.1, 0.15) is 44.7 Å². The molecule has 2 aliphatic rings. The van der Waals surface area contributed by atoms with Crippen molar-refractivity contribution in [1.29, 1.82) is 0 Å². The van der Waals surface area contributed by atoms with Crippen molar-refractivity contribution in [3.05, 3.63) is 65.8 Å². The molecule has 0 spiro atoms. The molecule has 0 aromatic heterocycles. The Morgan fingerprint density at radius 2 is 1.40 bits per heavy atom. The van der Waals surface area contributed by atoms with E-state index in [0.29, 0.717) is 17.8 Å². The zero-order valence-electron chi connectivity index (χ0n) is 14.9. The smallest absolute Gasteiger partial charge is 1.00 e. The van der Waals surface area contributed by atoms with Crippen LogP contribution in [0.3, 0.4) is 0 Å². The molecular formula is C20H24Cl4Zr. The van der Waals surface area contributed by atoms with Gasteiger partial charge in [0.25, 0.3) is 0 Å². The van der Waals surface area contributed by atoms with Crippen LogP contribution >= 0.6 is 0 Å². The largest absolute Gasteiger partial charge is 4.00 e. The quantitative estimate of drug-likeness (QED) is 0.390. The van der Waals surface area contributed by atoms with Gasteiger partial charge in [0.2, 0.25) is 0 Å². The second-order valence-electron chi connectivity index (χ2n) is 6.96. The fourth-order valence-corrected chi connectivity index (χ4v) is 3.64. The number of hydrogen-bond donors (Lipinski definition) is 0. The maximum Gasteiger partial charge on any atom is 4.00 e. The molecule has 0 saturated carbocycles. The van der Waals surface area contributed by atoms with Crippen LogP contribution in [0.2, 0.25) is 0 Å². The van der Waals surface area contributed by atoms with E-state index in [1.807, 2.05) is 0 Å². The van der Waals surface area contributed by atoms with Crippen LogP contribution in [-0.4, -0.2) is 0 Å². The first-order valence-electron chi connectivity index (χ1n) is 7.68. The summed E-state index contributed by atoms with van der Waals surface area (Å²) in [4.78, 5) is 0. The maximum absolute atomic E-state index is 2.52. The predicted molar refractivity (Wildman–Crippen MR) is 87.5 cm³/mol. The van der Waals surface area contributed by atoms with E-state index in [0.717, 1.165) is 0 Å². The molecule has 136 valence electrons. The minimum atomic E-state index is 0. The van der Waals surface area contributed by atoms with Crippen LogP contribution in [0.15, 0.2) is 54.6 Å². The summed E-state index contributed by atoms with van der Waals surface area (Å²) in [5.41, 5.74) is 4.71. The van der Waals surface area contributed by atoms with E-state index in [1.54, 1.807) is 0 Å². The minimum absolute atomic E-state index is 0. The minimum Gasteiger partial charge on any atom is -1.00 e. The average molecular weight is 497 g/mol. The van der Waals surface area contributed by atoms with Gasteiger partial charge in [-0.15, -0.1) is 0 Å². The Bertz CT molecular complexity index is 606. The molecule has 2 aliphatic carbocycles.